The van der Waals surface area contributed by atoms with Gasteiger partial charge in [-0.3, -0.25) is 9.78 Å². The Kier molecular flexibility index (Phi) is 3.98. The highest BCUT2D eigenvalue weighted by molar-refractivity contribution is 6.01. The molecule has 0 saturated heterocycles. The van der Waals surface area contributed by atoms with Crippen LogP contribution in [0.1, 0.15) is 19.0 Å². The lowest BCUT2D eigenvalue weighted by molar-refractivity contribution is -0.119. The number of hydrogen-bond acceptors (Lipinski definition) is 3. The number of benzene rings is 1. The number of aromatic nitrogens is 3. The summed E-state index contributed by atoms with van der Waals surface area (Å²) in [6.07, 6.45) is 3.39. The van der Waals surface area contributed by atoms with E-state index in [9.17, 15) is 18.0 Å². The fourth-order valence-corrected chi connectivity index (χ4v) is 3.33. The van der Waals surface area contributed by atoms with Gasteiger partial charge in [-0.25, -0.2) is 17.9 Å². The van der Waals surface area contributed by atoms with Crippen LogP contribution in [0, 0.1) is 23.4 Å². The molecule has 4 rings (SSSR count). The predicted molar refractivity (Wildman–Crippen MR) is 91.8 cm³/mol. The van der Waals surface area contributed by atoms with Crippen molar-refractivity contribution in [2.45, 2.75) is 18.8 Å². The van der Waals surface area contributed by atoms with Gasteiger partial charge in [-0.15, -0.1) is 0 Å². The van der Waals surface area contributed by atoms with Gasteiger partial charge in [-0.05, 0) is 36.6 Å². The Hall–Kier alpha value is -3.16. The van der Waals surface area contributed by atoms with Crippen molar-refractivity contribution in [1.82, 2.24) is 14.8 Å². The van der Waals surface area contributed by atoms with E-state index in [0.29, 0.717) is 6.42 Å². The summed E-state index contributed by atoms with van der Waals surface area (Å²) in [5, 5.41) is 6.78. The van der Waals surface area contributed by atoms with Gasteiger partial charge in [0.1, 0.15) is 17.5 Å². The summed E-state index contributed by atoms with van der Waals surface area (Å²) >= 11 is 0. The first-order chi connectivity index (χ1) is 12.9. The molecule has 1 N–H and O–H groups in total. The number of carbonyl (C=O) groups excluding carboxylic acids is 1. The zero-order valence-electron chi connectivity index (χ0n) is 14.3. The number of pyridine rings is 1. The first kappa shape index (κ1) is 17.3. The van der Waals surface area contributed by atoms with Crippen LogP contribution in [0.5, 0.6) is 0 Å². The van der Waals surface area contributed by atoms with Crippen LogP contribution >= 0.6 is 0 Å². The lowest BCUT2D eigenvalue weighted by Crippen LogP contribution is -2.31. The minimum absolute atomic E-state index is 0.0682. The van der Waals surface area contributed by atoms with Crippen LogP contribution in [-0.2, 0) is 10.2 Å². The number of nitrogens with one attached hydrogen (secondary N) is 1. The second-order valence-electron chi connectivity index (χ2n) is 6.64. The first-order valence-electron chi connectivity index (χ1n) is 8.35. The van der Waals surface area contributed by atoms with Gasteiger partial charge in [-0.2, -0.15) is 5.10 Å². The minimum Gasteiger partial charge on any atom is -0.308 e. The number of carbonyl (C=O) groups is 1. The van der Waals surface area contributed by atoms with Crippen LogP contribution in [0.4, 0.5) is 19.0 Å². The van der Waals surface area contributed by atoms with Crippen molar-refractivity contribution >= 4 is 11.7 Å². The van der Waals surface area contributed by atoms with Crippen molar-refractivity contribution in [2.75, 3.05) is 5.32 Å². The molecule has 1 fully saturated rings. The molecule has 0 radical (unpaired) electrons. The van der Waals surface area contributed by atoms with Crippen molar-refractivity contribution < 1.29 is 18.0 Å². The molecule has 1 amide bonds. The number of rotatable bonds is 4. The second-order valence-corrected chi connectivity index (χ2v) is 6.64. The summed E-state index contributed by atoms with van der Waals surface area (Å²) in [4.78, 5) is 16.9. The molecule has 0 bridgehead atoms. The van der Waals surface area contributed by atoms with Crippen LogP contribution in [-0.4, -0.2) is 20.7 Å². The zero-order valence-corrected chi connectivity index (χ0v) is 14.3. The monoisotopic (exact) mass is 372 g/mol. The quantitative estimate of drug-likeness (QED) is 0.761. The highest BCUT2D eigenvalue weighted by Gasteiger charge is 2.61. The smallest absolute Gasteiger partial charge is 0.238 e. The number of hydrogen-bond donors (Lipinski definition) is 1. The molecule has 1 aliphatic carbocycles. The maximum atomic E-state index is 14.2. The average Bonchev–Trinajstić information content (AvgIpc) is 3.08. The lowest BCUT2D eigenvalue weighted by atomic mass is 9.97. The number of amides is 1. The minimum atomic E-state index is -1.04. The van der Waals surface area contributed by atoms with E-state index in [2.05, 4.69) is 15.4 Å². The Morgan fingerprint density at radius 3 is 2.56 bits per heavy atom. The van der Waals surface area contributed by atoms with Gasteiger partial charge in [-0.1, -0.05) is 6.92 Å². The molecule has 0 spiro atoms. The third kappa shape index (κ3) is 2.97. The second kappa shape index (κ2) is 6.22. The third-order valence-electron chi connectivity index (χ3n) is 4.84. The Bertz CT molecular complexity index is 1020. The maximum absolute atomic E-state index is 14.2. The molecule has 3 aromatic rings. The van der Waals surface area contributed by atoms with E-state index in [1.165, 1.54) is 35.3 Å². The normalized spacial score (nSPS) is 21.1. The van der Waals surface area contributed by atoms with Crippen molar-refractivity contribution in [3.63, 3.8) is 0 Å². The summed E-state index contributed by atoms with van der Waals surface area (Å²) in [6, 6.07) is 7.24. The van der Waals surface area contributed by atoms with Gasteiger partial charge < -0.3 is 5.32 Å². The van der Waals surface area contributed by atoms with E-state index in [4.69, 9.17) is 0 Å². The van der Waals surface area contributed by atoms with Crippen LogP contribution in [0.3, 0.4) is 0 Å². The average molecular weight is 372 g/mol. The van der Waals surface area contributed by atoms with Crippen molar-refractivity contribution in [2.24, 2.45) is 5.92 Å². The molecule has 1 aliphatic rings. The Morgan fingerprint density at radius 2 is 1.93 bits per heavy atom. The fraction of sp³-hybridized carbons (Fsp3) is 0.211. The molecule has 0 aliphatic heterocycles. The molecule has 2 unspecified atom stereocenters. The van der Waals surface area contributed by atoms with E-state index >= 15 is 0 Å². The molecule has 138 valence electrons. The number of halogens is 3. The molecular weight excluding hydrogens is 357 g/mol. The van der Waals surface area contributed by atoms with Gasteiger partial charge in [0.25, 0.3) is 0 Å². The lowest BCUT2D eigenvalue weighted by Gasteiger charge is -2.15. The van der Waals surface area contributed by atoms with Crippen molar-refractivity contribution in [3.8, 4) is 5.69 Å². The van der Waals surface area contributed by atoms with Crippen LogP contribution < -0.4 is 5.32 Å². The largest absolute Gasteiger partial charge is 0.308 e. The molecule has 5 nitrogen and oxygen atoms in total. The molecule has 1 saturated carbocycles. The molecule has 8 heteroatoms. The van der Waals surface area contributed by atoms with Crippen LogP contribution in [0.15, 0.2) is 48.8 Å². The highest BCUT2D eigenvalue weighted by atomic mass is 19.1. The van der Waals surface area contributed by atoms with Crippen LogP contribution in [0.2, 0.25) is 0 Å². The summed E-state index contributed by atoms with van der Waals surface area (Å²) < 4.78 is 42.1. The summed E-state index contributed by atoms with van der Waals surface area (Å²) in [6.45, 7) is 1.85. The summed E-state index contributed by atoms with van der Waals surface area (Å²) in [7, 11) is 0. The Balaban J connectivity index is 1.59. The van der Waals surface area contributed by atoms with E-state index in [-0.39, 0.29) is 23.1 Å². The zero-order chi connectivity index (χ0) is 19.2. The predicted octanol–water partition coefficient (Wildman–Crippen LogP) is 3.60. The first-order valence-corrected chi connectivity index (χ1v) is 8.35. The summed E-state index contributed by atoms with van der Waals surface area (Å²) in [5.41, 5.74) is -0.750. The van der Waals surface area contributed by atoms with Crippen molar-refractivity contribution in [1.29, 1.82) is 0 Å². The SMILES string of the molecule is CC1CC1(C(=O)Nc1ccn(-c2cc(F)cc(F)c2)n1)c1ncccc1F. The van der Waals surface area contributed by atoms with Crippen molar-refractivity contribution in [3.05, 3.63) is 71.9 Å². The Labute approximate surface area is 152 Å². The molecular formula is C19H15F3N4O. The van der Waals surface area contributed by atoms with Gasteiger partial charge in [0.15, 0.2) is 5.82 Å². The maximum Gasteiger partial charge on any atom is 0.238 e. The molecule has 2 atom stereocenters. The van der Waals surface area contributed by atoms with E-state index in [1.54, 1.807) is 0 Å². The molecule has 1 aromatic carbocycles. The van der Waals surface area contributed by atoms with Crippen LogP contribution in [0.25, 0.3) is 5.69 Å². The molecule has 27 heavy (non-hydrogen) atoms. The van der Waals surface area contributed by atoms with Gasteiger partial charge in [0, 0.05) is 24.5 Å². The molecule has 2 heterocycles. The standard InChI is InChI=1S/C19H15F3N4O/c1-11-10-19(11,17-15(22)3-2-5-23-17)18(27)24-16-4-6-26(25-16)14-8-12(20)7-13(21)9-14/h2-9,11H,10H2,1H3,(H,24,25,27). The number of nitrogens with zero attached hydrogens (tertiary/aromatic N) is 3. The number of anilines is 1. The van der Waals surface area contributed by atoms with E-state index in [0.717, 1.165) is 18.2 Å². The van der Waals surface area contributed by atoms with Gasteiger partial charge in [0.2, 0.25) is 5.91 Å². The Morgan fingerprint density at radius 1 is 1.22 bits per heavy atom. The highest BCUT2D eigenvalue weighted by Crippen LogP contribution is 2.54. The third-order valence-corrected chi connectivity index (χ3v) is 4.84. The van der Waals surface area contributed by atoms with E-state index in [1.807, 2.05) is 6.92 Å². The van der Waals surface area contributed by atoms with Gasteiger partial charge >= 0.3 is 0 Å². The molecule has 2 aromatic heterocycles. The summed E-state index contributed by atoms with van der Waals surface area (Å²) in [5.74, 6) is -2.29. The van der Waals surface area contributed by atoms with E-state index < -0.39 is 28.8 Å². The van der Waals surface area contributed by atoms with Gasteiger partial charge in [0.05, 0.1) is 16.8 Å². The fourth-order valence-electron chi connectivity index (χ4n) is 3.33. The topological polar surface area (TPSA) is 59.8 Å².